The van der Waals surface area contributed by atoms with Gasteiger partial charge in [-0.1, -0.05) is 5.16 Å². The molecule has 0 radical (unpaired) electrons. The minimum atomic E-state index is -0.152. The maximum Gasteiger partial charge on any atom is 0.273 e. The fraction of sp³-hybridized carbons (Fsp3) is 0.385. The van der Waals surface area contributed by atoms with Crippen LogP contribution in [0.1, 0.15) is 40.6 Å². The van der Waals surface area contributed by atoms with Gasteiger partial charge in [0.25, 0.3) is 5.91 Å². The zero-order valence-corrected chi connectivity index (χ0v) is 10.7. The van der Waals surface area contributed by atoms with E-state index in [1.165, 1.54) is 5.56 Å². The van der Waals surface area contributed by atoms with Gasteiger partial charge < -0.3 is 9.84 Å². The third kappa shape index (κ3) is 2.61. The molecule has 2 aromatic heterocycles. The Balaban J connectivity index is 1.50. The molecular formula is C13H14N2O2S. The number of carbonyl (C=O) groups is 1. The lowest BCUT2D eigenvalue weighted by molar-refractivity contribution is 0.0945. The second-order valence-electron chi connectivity index (χ2n) is 4.53. The van der Waals surface area contributed by atoms with E-state index in [1.807, 2.05) is 5.38 Å². The van der Waals surface area contributed by atoms with Crippen molar-refractivity contribution in [1.82, 2.24) is 10.5 Å². The van der Waals surface area contributed by atoms with E-state index >= 15 is 0 Å². The zero-order chi connectivity index (χ0) is 12.4. The summed E-state index contributed by atoms with van der Waals surface area (Å²) in [7, 11) is 0. The first-order valence-electron chi connectivity index (χ1n) is 6.09. The Kier molecular flexibility index (Phi) is 3.15. The van der Waals surface area contributed by atoms with E-state index in [9.17, 15) is 4.79 Å². The molecule has 1 aliphatic carbocycles. The molecule has 4 nitrogen and oxygen atoms in total. The molecule has 0 spiro atoms. The monoisotopic (exact) mass is 262 g/mol. The van der Waals surface area contributed by atoms with Crippen LogP contribution in [0.4, 0.5) is 0 Å². The van der Waals surface area contributed by atoms with Gasteiger partial charge in [0.05, 0.1) is 0 Å². The van der Waals surface area contributed by atoms with Crippen LogP contribution in [-0.2, 0) is 6.42 Å². The van der Waals surface area contributed by atoms with Gasteiger partial charge in [-0.25, -0.2) is 0 Å². The average Bonchev–Trinajstić information content (AvgIpc) is 2.92. The summed E-state index contributed by atoms with van der Waals surface area (Å²) >= 11 is 1.67. The summed E-state index contributed by atoms with van der Waals surface area (Å²) in [5, 5.41) is 10.8. The van der Waals surface area contributed by atoms with Crippen LogP contribution in [0.25, 0.3) is 0 Å². The predicted molar refractivity (Wildman–Crippen MR) is 68.8 cm³/mol. The number of thiophene rings is 1. The highest BCUT2D eigenvalue weighted by atomic mass is 32.1. The Bertz CT molecular complexity index is 529. The summed E-state index contributed by atoms with van der Waals surface area (Å²) in [6, 6.07) is 3.83. The summed E-state index contributed by atoms with van der Waals surface area (Å²) in [6.45, 7) is 0.626. The van der Waals surface area contributed by atoms with Crippen LogP contribution in [0, 0.1) is 0 Å². The first kappa shape index (κ1) is 11.5. The summed E-state index contributed by atoms with van der Waals surface area (Å²) < 4.78 is 5.15. The molecule has 0 aliphatic heterocycles. The van der Waals surface area contributed by atoms with E-state index in [0.29, 0.717) is 18.2 Å². The van der Waals surface area contributed by atoms with Crippen molar-refractivity contribution in [2.24, 2.45) is 0 Å². The molecule has 2 aromatic rings. The minimum absolute atomic E-state index is 0.152. The van der Waals surface area contributed by atoms with Crippen molar-refractivity contribution >= 4 is 17.2 Å². The van der Waals surface area contributed by atoms with Crippen molar-refractivity contribution in [2.75, 3.05) is 6.54 Å². The number of rotatable bonds is 5. The maximum atomic E-state index is 11.8. The predicted octanol–water partition coefficient (Wildman–Crippen LogP) is 2.59. The molecule has 2 heterocycles. The molecular weight excluding hydrogens is 248 g/mol. The van der Waals surface area contributed by atoms with Gasteiger partial charge >= 0.3 is 0 Å². The number of nitrogens with zero attached hydrogens (tertiary/aromatic N) is 1. The molecule has 1 aliphatic rings. The lowest BCUT2D eigenvalue weighted by Crippen LogP contribution is -2.25. The molecule has 1 saturated carbocycles. The number of amides is 1. The average molecular weight is 262 g/mol. The largest absolute Gasteiger partial charge is 0.360 e. The zero-order valence-electron chi connectivity index (χ0n) is 9.89. The van der Waals surface area contributed by atoms with E-state index in [0.717, 1.165) is 25.0 Å². The molecule has 94 valence electrons. The highest BCUT2D eigenvalue weighted by Crippen LogP contribution is 2.40. The van der Waals surface area contributed by atoms with Crippen LogP contribution in [0.15, 0.2) is 27.4 Å². The van der Waals surface area contributed by atoms with Crippen molar-refractivity contribution in [3.63, 3.8) is 0 Å². The van der Waals surface area contributed by atoms with E-state index in [4.69, 9.17) is 4.52 Å². The Morgan fingerprint density at radius 3 is 3.17 bits per heavy atom. The molecule has 0 atom stereocenters. The maximum absolute atomic E-state index is 11.8. The second-order valence-corrected chi connectivity index (χ2v) is 5.31. The third-order valence-electron chi connectivity index (χ3n) is 3.02. The van der Waals surface area contributed by atoms with Crippen LogP contribution in [0.3, 0.4) is 0 Å². The van der Waals surface area contributed by atoms with E-state index in [-0.39, 0.29) is 5.91 Å². The number of nitrogens with one attached hydrogen (secondary N) is 1. The summed E-state index contributed by atoms with van der Waals surface area (Å²) in [5.41, 5.74) is 1.64. The highest BCUT2D eigenvalue weighted by Gasteiger charge is 2.28. The van der Waals surface area contributed by atoms with Crippen LogP contribution >= 0.6 is 11.3 Å². The number of aromatic nitrogens is 1. The third-order valence-corrected chi connectivity index (χ3v) is 3.75. The van der Waals surface area contributed by atoms with Crippen LogP contribution in [-0.4, -0.2) is 17.6 Å². The SMILES string of the molecule is O=C(NCCc1ccsc1)c1cc(C2CC2)on1. The standard InChI is InChI=1S/C13H14N2O2S/c16-13(14-5-3-9-4-6-18-8-9)11-7-12(17-15-11)10-1-2-10/h4,6-8,10H,1-3,5H2,(H,14,16). The van der Waals surface area contributed by atoms with E-state index in [2.05, 4.69) is 21.9 Å². The normalized spacial score (nSPS) is 14.7. The Labute approximate surface area is 109 Å². The second kappa shape index (κ2) is 4.94. The van der Waals surface area contributed by atoms with Crippen molar-refractivity contribution in [3.8, 4) is 0 Å². The lowest BCUT2D eigenvalue weighted by atomic mass is 10.2. The van der Waals surface area contributed by atoms with Gasteiger partial charge in [-0.05, 0) is 41.7 Å². The van der Waals surface area contributed by atoms with Gasteiger partial charge in [0, 0.05) is 18.5 Å². The molecule has 18 heavy (non-hydrogen) atoms. The Morgan fingerprint density at radius 1 is 1.56 bits per heavy atom. The molecule has 1 amide bonds. The fourth-order valence-electron chi connectivity index (χ4n) is 1.80. The van der Waals surface area contributed by atoms with Gasteiger partial charge in [-0.15, -0.1) is 0 Å². The minimum Gasteiger partial charge on any atom is -0.360 e. The van der Waals surface area contributed by atoms with Crippen LogP contribution in [0.5, 0.6) is 0 Å². The molecule has 0 aromatic carbocycles. The topological polar surface area (TPSA) is 55.1 Å². The van der Waals surface area contributed by atoms with E-state index < -0.39 is 0 Å². The summed E-state index contributed by atoms with van der Waals surface area (Å²) in [6.07, 6.45) is 3.14. The van der Waals surface area contributed by atoms with Gasteiger partial charge in [0.15, 0.2) is 5.69 Å². The Hall–Kier alpha value is -1.62. The molecule has 0 bridgehead atoms. The van der Waals surface area contributed by atoms with Crippen LogP contribution in [0.2, 0.25) is 0 Å². The first-order valence-corrected chi connectivity index (χ1v) is 7.03. The molecule has 3 rings (SSSR count). The number of hydrogen-bond acceptors (Lipinski definition) is 4. The van der Waals surface area contributed by atoms with Gasteiger partial charge in [0.1, 0.15) is 5.76 Å². The molecule has 5 heteroatoms. The molecule has 0 unspecified atom stereocenters. The summed E-state index contributed by atoms with van der Waals surface area (Å²) in [4.78, 5) is 11.8. The fourth-order valence-corrected chi connectivity index (χ4v) is 2.51. The van der Waals surface area contributed by atoms with Gasteiger partial charge in [-0.3, -0.25) is 4.79 Å². The van der Waals surface area contributed by atoms with Gasteiger partial charge in [0.2, 0.25) is 0 Å². The molecule has 0 saturated heterocycles. The van der Waals surface area contributed by atoms with Gasteiger partial charge in [-0.2, -0.15) is 11.3 Å². The van der Waals surface area contributed by atoms with Crippen molar-refractivity contribution in [1.29, 1.82) is 0 Å². The van der Waals surface area contributed by atoms with Crippen molar-refractivity contribution < 1.29 is 9.32 Å². The van der Waals surface area contributed by atoms with Crippen LogP contribution < -0.4 is 5.32 Å². The molecule has 1 N–H and O–H groups in total. The number of carbonyl (C=O) groups excluding carboxylic acids is 1. The molecule has 1 fully saturated rings. The quantitative estimate of drug-likeness (QED) is 0.901. The smallest absolute Gasteiger partial charge is 0.273 e. The van der Waals surface area contributed by atoms with Crippen molar-refractivity contribution in [3.05, 3.63) is 39.9 Å². The lowest BCUT2D eigenvalue weighted by Gasteiger charge is -2.00. The van der Waals surface area contributed by atoms with E-state index in [1.54, 1.807) is 17.4 Å². The van der Waals surface area contributed by atoms with Crippen molar-refractivity contribution in [2.45, 2.75) is 25.2 Å². The summed E-state index contributed by atoms with van der Waals surface area (Å²) in [5.74, 6) is 1.18. The first-order chi connectivity index (χ1) is 8.83. The number of hydrogen-bond donors (Lipinski definition) is 1. The highest BCUT2D eigenvalue weighted by molar-refractivity contribution is 7.07. The Morgan fingerprint density at radius 2 is 2.44 bits per heavy atom.